The largest absolute Gasteiger partial charge is 0.334 e. The van der Waals surface area contributed by atoms with E-state index in [4.69, 9.17) is 4.52 Å². The zero-order valence-electron chi connectivity index (χ0n) is 11.2. The third-order valence-electron chi connectivity index (χ3n) is 3.59. The van der Waals surface area contributed by atoms with Crippen LogP contribution in [0.5, 0.6) is 0 Å². The standard InChI is InChI=1S/C16H13N3O2/c20-14-9-12(8-13(17-14)10-6-7-10)16-18-15(19-21-16)11-4-2-1-3-5-11/h1-5,8-10H,6-7H2,(H,17,20). The van der Waals surface area contributed by atoms with Gasteiger partial charge in [0, 0.05) is 22.9 Å². The monoisotopic (exact) mass is 279 g/mol. The quantitative estimate of drug-likeness (QED) is 0.800. The molecule has 0 saturated heterocycles. The van der Waals surface area contributed by atoms with Crippen molar-refractivity contribution in [1.29, 1.82) is 0 Å². The van der Waals surface area contributed by atoms with Crippen LogP contribution in [0.2, 0.25) is 0 Å². The van der Waals surface area contributed by atoms with Gasteiger partial charge in [0.05, 0.1) is 0 Å². The highest BCUT2D eigenvalue weighted by Crippen LogP contribution is 2.39. The van der Waals surface area contributed by atoms with Gasteiger partial charge >= 0.3 is 0 Å². The van der Waals surface area contributed by atoms with Crippen LogP contribution in [-0.2, 0) is 0 Å². The van der Waals surface area contributed by atoms with Crippen LogP contribution in [0.3, 0.4) is 0 Å². The van der Waals surface area contributed by atoms with Crippen LogP contribution < -0.4 is 5.56 Å². The molecule has 2 aromatic heterocycles. The van der Waals surface area contributed by atoms with Crippen LogP contribution in [0.15, 0.2) is 51.8 Å². The first-order valence-corrected chi connectivity index (χ1v) is 6.93. The Morgan fingerprint density at radius 2 is 1.90 bits per heavy atom. The number of benzene rings is 1. The van der Waals surface area contributed by atoms with E-state index in [0.717, 1.165) is 24.1 Å². The molecule has 0 radical (unpaired) electrons. The molecule has 1 N–H and O–H groups in total. The number of H-pyrrole nitrogens is 1. The van der Waals surface area contributed by atoms with Crippen molar-refractivity contribution >= 4 is 0 Å². The van der Waals surface area contributed by atoms with Crippen molar-refractivity contribution in [2.75, 3.05) is 0 Å². The van der Waals surface area contributed by atoms with Gasteiger partial charge in [0.15, 0.2) is 0 Å². The van der Waals surface area contributed by atoms with Crippen molar-refractivity contribution in [3.63, 3.8) is 0 Å². The molecule has 104 valence electrons. The molecule has 5 nitrogen and oxygen atoms in total. The van der Waals surface area contributed by atoms with Crippen LogP contribution >= 0.6 is 0 Å². The van der Waals surface area contributed by atoms with Crippen molar-refractivity contribution in [3.8, 4) is 22.8 Å². The minimum Gasteiger partial charge on any atom is -0.334 e. The van der Waals surface area contributed by atoms with E-state index in [1.165, 1.54) is 6.07 Å². The zero-order chi connectivity index (χ0) is 14.2. The third kappa shape index (κ3) is 2.38. The van der Waals surface area contributed by atoms with Crippen molar-refractivity contribution in [2.45, 2.75) is 18.8 Å². The molecule has 0 bridgehead atoms. The normalized spacial score (nSPS) is 14.3. The minimum atomic E-state index is -0.131. The maximum Gasteiger partial charge on any atom is 0.258 e. The van der Waals surface area contributed by atoms with Crippen LogP contribution in [-0.4, -0.2) is 15.1 Å². The summed E-state index contributed by atoms with van der Waals surface area (Å²) in [6.45, 7) is 0. The molecule has 5 heteroatoms. The molecule has 21 heavy (non-hydrogen) atoms. The van der Waals surface area contributed by atoms with Gasteiger partial charge in [-0.05, 0) is 24.8 Å². The molecule has 0 atom stereocenters. The minimum absolute atomic E-state index is 0.131. The Morgan fingerprint density at radius 3 is 2.67 bits per heavy atom. The Hall–Kier alpha value is -2.69. The van der Waals surface area contributed by atoms with Crippen molar-refractivity contribution in [3.05, 3.63) is 58.5 Å². The van der Waals surface area contributed by atoms with Gasteiger partial charge in [0.2, 0.25) is 11.4 Å². The molecule has 2 heterocycles. The molecule has 3 aromatic rings. The SMILES string of the molecule is O=c1cc(-c2nc(-c3ccccc3)no2)cc(C2CC2)[nH]1. The van der Waals surface area contributed by atoms with Gasteiger partial charge in [-0.1, -0.05) is 35.5 Å². The fraction of sp³-hybridized carbons (Fsp3) is 0.188. The second-order valence-corrected chi connectivity index (χ2v) is 5.25. The van der Waals surface area contributed by atoms with Crippen LogP contribution in [0.25, 0.3) is 22.8 Å². The van der Waals surface area contributed by atoms with E-state index in [1.54, 1.807) is 0 Å². The summed E-state index contributed by atoms with van der Waals surface area (Å²) in [4.78, 5) is 19.0. The first kappa shape index (κ1) is 12.1. The van der Waals surface area contributed by atoms with Gasteiger partial charge in [-0.25, -0.2) is 0 Å². The Morgan fingerprint density at radius 1 is 1.10 bits per heavy atom. The average molecular weight is 279 g/mol. The van der Waals surface area contributed by atoms with Gasteiger partial charge in [-0.2, -0.15) is 4.98 Å². The van der Waals surface area contributed by atoms with Gasteiger partial charge in [0.1, 0.15) is 0 Å². The maximum absolute atomic E-state index is 11.7. The topological polar surface area (TPSA) is 71.8 Å². The molecule has 4 rings (SSSR count). The number of hydrogen-bond acceptors (Lipinski definition) is 4. The Bertz CT molecular complexity index is 832. The Labute approximate surface area is 120 Å². The summed E-state index contributed by atoms with van der Waals surface area (Å²) in [6.07, 6.45) is 2.25. The first-order valence-electron chi connectivity index (χ1n) is 6.93. The zero-order valence-corrected chi connectivity index (χ0v) is 11.2. The van der Waals surface area contributed by atoms with Crippen LogP contribution in [0.4, 0.5) is 0 Å². The highest BCUT2D eigenvalue weighted by molar-refractivity contribution is 5.59. The van der Waals surface area contributed by atoms with Crippen LogP contribution in [0.1, 0.15) is 24.5 Å². The smallest absolute Gasteiger partial charge is 0.258 e. The predicted molar refractivity (Wildman–Crippen MR) is 77.8 cm³/mol. The van der Waals surface area contributed by atoms with Crippen molar-refractivity contribution in [2.24, 2.45) is 0 Å². The molecule has 0 amide bonds. The number of nitrogens with one attached hydrogen (secondary N) is 1. The van der Waals surface area contributed by atoms with E-state index in [1.807, 2.05) is 36.4 Å². The lowest BCUT2D eigenvalue weighted by molar-refractivity contribution is 0.432. The molecule has 0 aliphatic heterocycles. The fourth-order valence-corrected chi connectivity index (χ4v) is 2.35. The Balaban J connectivity index is 1.74. The van der Waals surface area contributed by atoms with Crippen molar-refractivity contribution < 1.29 is 4.52 Å². The summed E-state index contributed by atoms with van der Waals surface area (Å²) in [5.74, 6) is 1.37. The van der Waals surface area contributed by atoms with Gasteiger partial charge in [0.25, 0.3) is 5.89 Å². The van der Waals surface area contributed by atoms with Crippen LogP contribution in [0, 0.1) is 0 Å². The summed E-state index contributed by atoms with van der Waals surface area (Å²) in [5.41, 5.74) is 2.39. The molecular formula is C16H13N3O2. The Kier molecular flexibility index (Phi) is 2.70. The van der Waals surface area contributed by atoms with E-state index in [9.17, 15) is 4.79 Å². The van der Waals surface area contributed by atoms with E-state index >= 15 is 0 Å². The lowest BCUT2D eigenvalue weighted by Gasteiger charge is -1.99. The van der Waals surface area contributed by atoms with Gasteiger partial charge in [-0.3, -0.25) is 4.79 Å². The van der Waals surface area contributed by atoms with E-state index < -0.39 is 0 Å². The lowest BCUT2D eigenvalue weighted by atomic mass is 10.2. The van der Waals surface area contributed by atoms with Crippen molar-refractivity contribution in [1.82, 2.24) is 15.1 Å². The number of hydrogen-bond donors (Lipinski definition) is 1. The number of nitrogens with zero attached hydrogens (tertiary/aromatic N) is 2. The number of pyridine rings is 1. The van der Waals surface area contributed by atoms with E-state index in [2.05, 4.69) is 15.1 Å². The molecule has 0 unspecified atom stereocenters. The fourth-order valence-electron chi connectivity index (χ4n) is 2.35. The molecule has 1 saturated carbocycles. The molecule has 0 spiro atoms. The summed E-state index contributed by atoms with van der Waals surface area (Å²) < 4.78 is 5.30. The van der Waals surface area contributed by atoms with Gasteiger partial charge < -0.3 is 9.51 Å². The van der Waals surface area contributed by atoms with E-state index in [0.29, 0.717) is 23.2 Å². The van der Waals surface area contributed by atoms with Gasteiger partial charge in [-0.15, -0.1) is 0 Å². The summed E-state index contributed by atoms with van der Waals surface area (Å²) in [5, 5.41) is 3.98. The molecular weight excluding hydrogens is 266 g/mol. The summed E-state index contributed by atoms with van der Waals surface area (Å²) in [7, 11) is 0. The summed E-state index contributed by atoms with van der Waals surface area (Å²) in [6, 6.07) is 13.0. The number of aromatic amines is 1. The second-order valence-electron chi connectivity index (χ2n) is 5.25. The molecule has 1 aromatic carbocycles. The third-order valence-corrected chi connectivity index (χ3v) is 3.59. The number of rotatable bonds is 3. The highest BCUT2D eigenvalue weighted by atomic mass is 16.5. The highest BCUT2D eigenvalue weighted by Gasteiger charge is 2.25. The molecule has 1 aliphatic rings. The molecule has 1 aliphatic carbocycles. The lowest BCUT2D eigenvalue weighted by Crippen LogP contribution is -2.07. The van der Waals surface area contributed by atoms with E-state index in [-0.39, 0.29) is 5.56 Å². The maximum atomic E-state index is 11.7. The molecule has 1 fully saturated rings. The second kappa shape index (κ2) is 4.70. The predicted octanol–water partition coefficient (Wildman–Crippen LogP) is 2.97. The summed E-state index contributed by atoms with van der Waals surface area (Å²) >= 11 is 0. The first-order chi connectivity index (χ1) is 10.3. The average Bonchev–Trinajstić information content (AvgIpc) is 3.24. The number of aromatic nitrogens is 3.